The van der Waals surface area contributed by atoms with E-state index in [9.17, 15) is 0 Å². The van der Waals surface area contributed by atoms with Crippen molar-refractivity contribution >= 4 is 11.8 Å². The van der Waals surface area contributed by atoms with Crippen LogP contribution >= 0.6 is 11.8 Å². The van der Waals surface area contributed by atoms with Crippen molar-refractivity contribution in [3.63, 3.8) is 0 Å². The zero-order valence-corrected chi connectivity index (χ0v) is 13.4. The van der Waals surface area contributed by atoms with Crippen LogP contribution < -0.4 is 0 Å². The second kappa shape index (κ2) is 5.88. The maximum Gasteiger partial charge on any atom is 0.237 e. The largest absolute Gasteiger partial charge is 0.338 e. The van der Waals surface area contributed by atoms with Gasteiger partial charge in [0.25, 0.3) is 0 Å². The standard InChI is InChI=1S/C14H16N6OS/c1-14(2,3)12-15-11(21-17-12)9-22-13-16-18-19-20(13)10-7-5-4-6-8-10/h4-8H,9H2,1-3H3. The van der Waals surface area contributed by atoms with Gasteiger partial charge >= 0.3 is 0 Å². The van der Waals surface area contributed by atoms with Crippen molar-refractivity contribution in [2.75, 3.05) is 0 Å². The molecule has 0 aliphatic carbocycles. The predicted molar refractivity (Wildman–Crippen MR) is 81.7 cm³/mol. The Labute approximate surface area is 132 Å². The Morgan fingerprint density at radius 3 is 2.64 bits per heavy atom. The normalized spacial score (nSPS) is 11.8. The highest BCUT2D eigenvalue weighted by Crippen LogP contribution is 2.24. The molecule has 0 aliphatic heterocycles. The fourth-order valence-corrected chi connectivity index (χ4v) is 2.47. The van der Waals surface area contributed by atoms with Gasteiger partial charge in [-0.05, 0) is 22.6 Å². The highest BCUT2D eigenvalue weighted by Gasteiger charge is 2.21. The fraction of sp³-hybridized carbons (Fsp3) is 0.357. The van der Waals surface area contributed by atoms with Crippen molar-refractivity contribution in [2.24, 2.45) is 0 Å². The molecule has 0 bridgehead atoms. The van der Waals surface area contributed by atoms with E-state index in [1.165, 1.54) is 11.8 Å². The van der Waals surface area contributed by atoms with Gasteiger partial charge < -0.3 is 4.52 Å². The summed E-state index contributed by atoms with van der Waals surface area (Å²) in [7, 11) is 0. The third kappa shape index (κ3) is 3.16. The van der Waals surface area contributed by atoms with Gasteiger partial charge in [-0.25, -0.2) is 0 Å². The van der Waals surface area contributed by atoms with E-state index in [-0.39, 0.29) is 5.41 Å². The van der Waals surface area contributed by atoms with Crippen LogP contribution in [-0.4, -0.2) is 30.3 Å². The minimum absolute atomic E-state index is 0.127. The molecule has 7 nitrogen and oxygen atoms in total. The molecule has 0 spiro atoms. The smallest absolute Gasteiger partial charge is 0.237 e. The second-order valence-electron chi connectivity index (χ2n) is 5.76. The minimum Gasteiger partial charge on any atom is -0.338 e. The van der Waals surface area contributed by atoms with Crippen LogP contribution in [0, 0.1) is 0 Å². The Bertz CT molecular complexity index is 746. The van der Waals surface area contributed by atoms with Gasteiger partial charge in [0, 0.05) is 5.41 Å². The summed E-state index contributed by atoms with van der Waals surface area (Å²) >= 11 is 1.46. The molecule has 0 N–H and O–H groups in total. The van der Waals surface area contributed by atoms with Crippen LogP contribution in [0.25, 0.3) is 5.69 Å². The Morgan fingerprint density at radius 1 is 1.18 bits per heavy atom. The number of benzene rings is 1. The molecule has 2 aromatic heterocycles. The molecule has 3 aromatic rings. The average molecular weight is 316 g/mol. The number of aromatic nitrogens is 6. The van der Waals surface area contributed by atoms with Crippen LogP contribution in [0.2, 0.25) is 0 Å². The van der Waals surface area contributed by atoms with E-state index in [1.54, 1.807) is 4.68 Å². The van der Waals surface area contributed by atoms with E-state index in [2.05, 4.69) is 25.7 Å². The van der Waals surface area contributed by atoms with Crippen LogP contribution in [0.15, 0.2) is 40.0 Å². The third-order valence-electron chi connectivity index (χ3n) is 2.91. The van der Waals surface area contributed by atoms with E-state index < -0.39 is 0 Å². The van der Waals surface area contributed by atoms with Crippen molar-refractivity contribution in [3.05, 3.63) is 42.0 Å². The molecular weight excluding hydrogens is 300 g/mol. The lowest BCUT2D eigenvalue weighted by Crippen LogP contribution is -2.13. The van der Waals surface area contributed by atoms with Gasteiger partial charge in [-0.1, -0.05) is 55.9 Å². The number of rotatable bonds is 4. The average Bonchev–Trinajstić information content (AvgIpc) is 3.14. The molecule has 0 radical (unpaired) electrons. The number of tetrazole rings is 1. The van der Waals surface area contributed by atoms with Gasteiger partial charge in [0.15, 0.2) is 5.82 Å². The Kier molecular flexibility index (Phi) is 3.93. The monoisotopic (exact) mass is 316 g/mol. The summed E-state index contributed by atoms with van der Waals surface area (Å²) in [6, 6.07) is 9.74. The van der Waals surface area contributed by atoms with E-state index in [0.717, 1.165) is 5.69 Å². The number of thioether (sulfide) groups is 1. The van der Waals surface area contributed by atoms with Crippen LogP contribution in [0.1, 0.15) is 32.5 Å². The number of hydrogen-bond acceptors (Lipinski definition) is 7. The molecule has 2 heterocycles. The van der Waals surface area contributed by atoms with Gasteiger partial charge in [0.05, 0.1) is 11.4 Å². The molecule has 0 saturated carbocycles. The fourth-order valence-electron chi connectivity index (χ4n) is 1.74. The molecule has 0 saturated heterocycles. The molecule has 0 atom stereocenters. The molecule has 22 heavy (non-hydrogen) atoms. The molecule has 0 amide bonds. The zero-order chi connectivity index (χ0) is 15.6. The highest BCUT2D eigenvalue weighted by atomic mass is 32.2. The predicted octanol–water partition coefficient (Wildman–Crippen LogP) is 2.64. The molecule has 0 aliphatic rings. The van der Waals surface area contributed by atoms with Gasteiger partial charge in [0.1, 0.15) is 0 Å². The van der Waals surface area contributed by atoms with Gasteiger partial charge in [-0.15, -0.1) is 5.10 Å². The molecule has 8 heteroatoms. The Morgan fingerprint density at radius 2 is 1.95 bits per heavy atom. The number of hydrogen-bond donors (Lipinski definition) is 0. The number of nitrogens with zero attached hydrogens (tertiary/aromatic N) is 6. The minimum atomic E-state index is -0.127. The Hall–Kier alpha value is -2.22. The summed E-state index contributed by atoms with van der Waals surface area (Å²) in [5, 5.41) is 16.5. The van der Waals surface area contributed by atoms with Gasteiger partial charge in [0.2, 0.25) is 11.0 Å². The first-order valence-electron chi connectivity index (χ1n) is 6.84. The maximum atomic E-state index is 5.28. The molecule has 0 unspecified atom stereocenters. The van der Waals surface area contributed by atoms with E-state index in [4.69, 9.17) is 4.52 Å². The first kappa shape index (κ1) is 14.7. The van der Waals surface area contributed by atoms with Crippen LogP contribution in [0.3, 0.4) is 0 Å². The molecule has 1 aromatic carbocycles. The van der Waals surface area contributed by atoms with Gasteiger partial charge in [-0.3, -0.25) is 0 Å². The van der Waals surface area contributed by atoms with E-state index >= 15 is 0 Å². The van der Waals surface area contributed by atoms with Crippen LogP contribution in [-0.2, 0) is 11.2 Å². The van der Waals surface area contributed by atoms with E-state index in [0.29, 0.717) is 22.6 Å². The lowest BCUT2D eigenvalue weighted by molar-refractivity contribution is 0.372. The second-order valence-corrected chi connectivity index (χ2v) is 6.70. The SMILES string of the molecule is CC(C)(C)c1noc(CSc2nnnn2-c2ccccc2)n1. The summed E-state index contributed by atoms with van der Waals surface area (Å²) < 4.78 is 6.96. The first-order valence-corrected chi connectivity index (χ1v) is 7.82. The topological polar surface area (TPSA) is 82.5 Å². The Balaban J connectivity index is 1.73. The van der Waals surface area contributed by atoms with Crippen LogP contribution in [0.4, 0.5) is 0 Å². The lowest BCUT2D eigenvalue weighted by atomic mass is 9.96. The molecular formula is C14H16N6OS. The van der Waals surface area contributed by atoms with E-state index in [1.807, 2.05) is 51.1 Å². The zero-order valence-electron chi connectivity index (χ0n) is 12.6. The summed E-state index contributed by atoms with van der Waals surface area (Å²) in [6.45, 7) is 6.14. The lowest BCUT2D eigenvalue weighted by Gasteiger charge is -2.10. The summed E-state index contributed by atoms with van der Waals surface area (Å²) in [5.74, 6) is 1.79. The summed E-state index contributed by atoms with van der Waals surface area (Å²) in [6.07, 6.45) is 0. The molecule has 0 fully saturated rings. The summed E-state index contributed by atoms with van der Waals surface area (Å²) in [4.78, 5) is 4.41. The first-order chi connectivity index (χ1) is 10.5. The van der Waals surface area contributed by atoms with Crippen molar-refractivity contribution in [1.29, 1.82) is 0 Å². The maximum absolute atomic E-state index is 5.28. The number of para-hydroxylation sites is 1. The molecule has 114 valence electrons. The third-order valence-corrected chi connectivity index (χ3v) is 3.81. The highest BCUT2D eigenvalue weighted by molar-refractivity contribution is 7.98. The summed E-state index contributed by atoms with van der Waals surface area (Å²) in [5.41, 5.74) is 0.786. The van der Waals surface area contributed by atoms with Gasteiger partial charge in [-0.2, -0.15) is 9.67 Å². The van der Waals surface area contributed by atoms with Crippen molar-refractivity contribution in [2.45, 2.75) is 37.1 Å². The van der Waals surface area contributed by atoms with Crippen LogP contribution in [0.5, 0.6) is 0 Å². The van der Waals surface area contributed by atoms with Crippen molar-refractivity contribution < 1.29 is 4.52 Å². The van der Waals surface area contributed by atoms with Crippen molar-refractivity contribution in [3.8, 4) is 5.69 Å². The molecule has 3 rings (SSSR count). The van der Waals surface area contributed by atoms with Crippen molar-refractivity contribution in [1.82, 2.24) is 30.3 Å². The quantitative estimate of drug-likeness (QED) is 0.684.